The Kier molecular flexibility index (Phi) is 32.1. The van der Waals surface area contributed by atoms with E-state index in [-0.39, 0.29) is 89.2 Å². The number of rotatable bonds is 12. The number of alkyl halides is 4. The first-order valence-corrected chi connectivity index (χ1v) is 30.8. The molecule has 78 heavy (non-hydrogen) atoms. The van der Waals surface area contributed by atoms with Crippen molar-refractivity contribution in [2.24, 2.45) is 40.2 Å². The Morgan fingerprint density at radius 1 is 0.577 bits per heavy atom. The molecule has 4 atom stereocenters. The number of aliphatic hydroxyl groups is 2. The van der Waals surface area contributed by atoms with Gasteiger partial charge in [0.15, 0.2) is 11.5 Å². The molecule has 10 aliphatic rings. The minimum absolute atomic E-state index is 0. The number of Topliss-reactive ketones (excluding diaryl/α,β-unsaturated/α-hetero) is 2. The van der Waals surface area contributed by atoms with Gasteiger partial charge in [-0.2, -0.15) is 17.6 Å². The quantitative estimate of drug-likeness (QED) is 0.0808. The molecular formula is C60H97BrF4NO10S2+. The lowest BCUT2D eigenvalue weighted by molar-refractivity contribution is -0.197. The largest absolute Gasteiger partial charge is 1.00 e. The summed E-state index contributed by atoms with van der Waals surface area (Å²) in [5, 5.41) is 21.0. The zero-order valence-corrected chi connectivity index (χ0v) is 49.4. The Balaban J connectivity index is 0.000000496. The van der Waals surface area contributed by atoms with E-state index in [2.05, 4.69) is 0 Å². The Morgan fingerprint density at radius 2 is 0.846 bits per heavy atom. The van der Waals surface area contributed by atoms with Crippen LogP contribution in [0.15, 0.2) is 60.7 Å². The zero-order chi connectivity index (χ0) is 55.5. The number of esters is 2. The van der Waals surface area contributed by atoms with E-state index in [1.165, 1.54) is 0 Å². The third-order valence-electron chi connectivity index (χ3n) is 15.0. The van der Waals surface area contributed by atoms with Crippen LogP contribution < -0.4 is 22.7 Å². The molecule has 2 aromatic rings. The lowest BCUT2D eigenvalue weighted by atomic mass is 9.48. The van der Waals surface area contributed by atoms with Crippen LogP contribution >= 0.6 is 0 Å². The first-order chi connectivity index (χ1) is 35.5. The van der Waals surface area contributed by atoms with E-state index in [0.717, 1.165) is 131 Å². The van der Waals surface area contributed by atoms with Crippen molar-refractivity contribution in [1.29, 1.82) is 0 Å². The number of hydrogen-bond acceptors (Lipinski definition) is 11. The normalized spacial score (nSPS) is 28.8. The molecule has 0 radical (unpaired) electrons. The maximum absolute atomic E-state index is 12.8. The van der Waals surface area contributed by atoms with Gasteiger partial charge in [-0.3, -0.25) is 9.59 Å². The Morgan fingerprint density at radius 3 is 1.09 bits per heavy atom. The number of ketones is 2. The predicted molar refractivity (Wildman–Crippen MR) is 305 cm³/mol. The van der Waals surface area contributed by atoms with E-state index < -0.39 is 35.0 Å². The lowest BCUT2D eigenvalue weighted by Crippen LogP contribution is -3.00. The minimum atomic E-state index is -3.43. The summed E-state index contributed by atoms with van der Waals surface area (Å²) in [5.41, 5.74) is 4.71. The van der Waals surface area contributed by atoms with E-state index >= 15 is 0 Å². The molecule has 10 fully saturated rings. The second-order valence-electron chi connectivity index (χ2n) is 21.8. The summed E-state index contributed by atoms with van der Waals surface area (Å²) in [6, 6.07) is 19.1. The molecule has 0 aromatic heterocycles. The van der Waals surface area contributed by atoms with Gasteiger partial charge in [0.1, 0.15) is 23.0 Å². The number of benzene rings is 2. The van der Waals surface area contributed by atoms with Gasteiger partial charge in [0.2, 0.25) is 11.6 Å². The smallest absolute Gasteiger partial charge is 0.376 e. The fraction of sp³-hybridized carbons (Fsp3) is 0.733. The van der Waals surface area contributed by atoms with Crippen molar-refractivity contribution in [2.75, 3.05) is 80.7 Å². The van der Waals surface area contributed by atoms with Gasteiger partial charge in [0.05, 0.1) is 50.8 Å². The summed E-state index contributed by atoms with van der Waals surface area (Å²) in [4.78, 5) is 46.2. The van der Waals surface area contributed by atoms with Crippen LogP contribution in [0.5, 0.6) is 0 Å². The van der Waals surface area contributed by atoms with Crippen molar-refractivity contribution in [3.63, 3.8) is 0 Å². The van der Waals surface area contributed by atoms with Crippen LogP contribution in [0.3, 0.4) is 0 Å². The Labute approximate surface area is 481 Å². The molecule has 8 saturated carbocycles. The van der Waals surface area contributed by atoms with Crippen LogP contribution in [0.2, 0.25) is 0 Å². The van der Waals surface area contributed by atoms with E-state index in [4.69, 9.17) is 24.7 Å². The number of halogens is 5. The molecular weight excluding hydrogens is 1110 g/mol. The molecule has 448 valence electrons. The Hall–Kier alpha value is -2.58. The van der Waals surface area contributed by atoms with E-state index in [1.54, 1.807) is 0 Å². The Bertz CT molecular complexity index is 1880. The molecule has 12 rings (SSSR count). The van der Waals surface area contributed by atoms with E-state index in [0.29, 0.717) is 61.9 Å². The van der Waals surface area contributed by atoms with Crippen LogP contribution in [0.4, 0.5) is 17.6 Å². The van der Waals surface area contributed by atoms with Crippen molar-refractivity contribution in [2.45, 2.75) is 163 Å². The third-order valence-corrected chi connectivity index (χ3v) is 19.3. The van der Waals surface area contributed by atoms with Crippen LogP contribution in [-0.4, -0.2) is 137 Å². The van der Waals surface area contributed by atoms with Crippen molar-refractivity contribution in [1.82, 2.24) is 0 Å². The van der Waals surface area contributed by atoms with Crippen LogP contribution in [0.1, 0.15) is 161 Å². The molecule has 8 aliphatic carbocycles. The number of nitrogens with two attached hydrogens (primary N) is 1. The van der Waals surface area contributed by atoms with Crippen LogP contribution in [0.25, 0.3) is 0 Å². The fourth-order valence-electron chi connectivity index (χ4n) is 13.0. The minimum Gasteiger partial charge on any atom is -1.00 e. The fourth-order valence-corrected chi connectivity index (χ4v) is 16.5. The van der Waals surface area contributed by atoms with Crippen LogP contribution in [-0.2, 0) is 50.3 Å². The average molecular weight is 1210 g/mol. The van der Waals surface area contributed by atoms with Crippen molar-refractivity contribution in [3.8, 4) is 0 Å². The SMILES string of the molecule is C.C.CC.CC.CC(F)(F)C(=O)OCC12CC3CC(CC(O)(C3)C1)C2.CC(F)(F)C(=O)OCC12CC3CC(CC(O)(C3)C1)C2.CCN.O=C(C[S+]1CCOCC1)c1ccccc1.O=C(C[S+]1CCOCC1)c1ccccc1.[Br-]. The zero-order valence-electron chi connectivity index (χ0n) is 46.2. The van der Waals surface area contributed by atoms with Gasteiger partial charge in [0.25, 0.3) is 0 Å². The maximum atomic E-state index is 12.8. The summed E-state index contributed by atoms with van der Waals surface area (Å²) in [6.45, 7) is 15.1. The monoisotopic (exact) mass is 1210 g/mol. The summed E-state index contributed by atoms with van der Waals surface area (Å²) < 4.78 is 71.5. The lowest BCUT2D eigenvalue weighted by Gasteiger charge is -2.59. The molecule has 2 heterocycles. The second-order valence-corrected chi connectivity index (χ2v) is 26.5. The van der Waals surface area contributed by atoms with Gasteiger partial charge in [-0.05, 0) is 107 Å². The third kappa shape index (κ3) is 23.0. The first-order valence-electron chi connectivity index (χ1n) is 27.4. The van der Waals surface area contributed by atoms with Gasteiger partial charge in [-0.1, -0.05) is 110 Å². The maximum Gasteiger partial charge on any atom is 0.376 e. The molecule has 2 aliphatic heterocycles. The van der Waals surface area contributed by atoms with Crippen molar-refractivity contribution >= 4 is 45.3 Å². The topological polar surface area (TPSA) is 172 Å². The van der Waals surface area contributed by atoms with Gasteiger partial charge < -0.3 is 51.9 Å². The van der Waals surface area contributed by atoms with Gasteiger partial charge >= 0.3 is 23.8 Å². The summed E-state index contributed by atoms with van der Waals surface area (Å²) >= 11 is 0. The second kappa shape index (κ2) is 34.1. The molecule has 18 heteroatoms. The van der Waals surface area contributed by atoms with Gasteiger partial charge in [0, 0.05) is 57.6 Å². The predicted octanol–water partition coefficient (Wildman–Crippen LogP) is 8.36. The van der Waals surface area contributed by atoms with Crippen molar-refractivity contribution < 1.29 is 82.9 Å². The molecule has 11 nitrogen and oxygen atoms in total. The van der Waals surface area contributed by atoms with Gasteiger partial charge in [-0.25, -0.2) is 9.59 Å². The summed E-state index contributed by atoms with van der Waals surface area (Å²) in [6.07, 6.45) is 10.3. The highest BCUT2D eigenvalue weighted by atomic mass is 79.9. The highest BCUT2D eigenvalue weighted by Crippen LogP contribution is 2.63. The average Bonchev–Trinajstić information content (AvgIpc) is 3.36. The molecule has 4 N–H and O–H groups in total. The van der Waals surface area contributed by atoms with E-state index in [1.807, 2.05) is 95.3 Å². The van der Waals surface area contributed by atoms with Crippen molar-refractivity contribution in [3.05, 3.63) is 71.8 Å². The summed E-state index contributed by atoms with van der Waals surface area (Å²) in [7, 11) is 0.500. The molecule has 0 spiro atoms. The molecule has 8 bridgehead atoms. The summed E-state index contributed by atoms with van der Waals surface area (Å²) in [5.74, 6) is -1.72. The number of carbonyl (C=O) groups is 4. The standard InChI is InChI=1S/2C14H20F2O3.2C12H15O2S.C2H7N.2C2H6.2CH4.BrH/c2*1-12(15,16)11(17)19-8-13-3-9-2-10(4-13)6-14(18,5-9)7-13;2*13-12(11-4-2-1-3-5-11)10-15-8-6-14-7-9-15;1-2-3;2*1-2;;;/h2*9-10,18H,2-8H2,1H3;2*1-5H,6-10H2;2-3H2,1H3;2*1-2H3;2*1H4;1H/q;;2*+1;;;;;;/p-1. The number of carbonyl (C=O) groups excluding carboxylic acids is 4. The van der Waals surface area contributed by atoms with Crippen LogP contribution in [0, 0.1) is 34.5 Å². The highest BCUT2D eigenvalue weighted by molar-refractivity contribution is 7.97. The number of ether oxygens (including phenoxy) is 4. The molecule has 2 saturated heterocycles. The molecule has 4 unspecified atom stereocenters. The first kappa shape index (κ1) is 73.4. The molecule has 0 amide bonds. The van der Waals surface area contributed by atoms with E-state index in [9.17, 15) is 47.0 Å². The highest BCUT2D eigenvalue weighted by Gasteiger charge is 2.59. The number of hydrogen-bond donors (Lipinski definition) is 3. The van der Waals surface area contributed by atoms with Gasteiger partial charge in [-0.15, -0.1) is 0 Å². The molecule has 2 aromatic carbocycles.